The monoisotopic (exact) mass is 417 g/mol. The molecule has 0 aliphatic rings. The second kappa shape index (κ2) is 12.8. The third-order valence-corrected chi connectivity index (χ3v) is 4.10. The normalized spacial score (nSPS) is 12.5. The van der Waals surface area contributed by atoms with Crippen LogP contribution >= 0.6 is 0 Å². The maximum Gasteiger partial charge on any atom is 0.211 e. The Bertz CT molecular complexity index is 968. The van der Waals surface area contributed by atoms with Crippen LogP contribution in [0.15, 0.2) is 77.9 Å². The van der Waals surface area contributed by atoms with E-state index in [1.54, 1.807) is 18.6 Å². The number of nitrogens with zero attached hydrogens (tertiary/aromatic N) is 3. The lowest BCUT2D eigenvalue weighted by Gasteiger charge is -2.17. The van der Waals surface area contributed by atoms with Crippen molar-refractivity contribution >= 4 is 17.8 Å². The van der Waals surface area contributed by atoms with Crippen LogP contribution in [0.5, 0.6) is 0 Å². The average molecular weight is 418 g/mol. The lowest BCUT2D eigenvalue weighted by Crippen LogP contribution is -2.17. The fourth-order valence-corrected chi connectivity index (χ4v) is 2.30. The maximum atomic E-state index is 10.6. The summed E-state index contributed by atoms with van der Waals surface area (Å²) >= 11 is 0. The highest BCUT2D eigenvalue weighted by molar-refractivity contribution is 5.79. The van der Waals surface area contributed by atoms with E-state index in [0.29, 0.717) is 23.5 Å². The number of aromatic nitrogens is 1. The van der Waals surface area contributed by atoms with E-state index in [2.05, 4.69) is 33.3 Å². The molecule has 0 unspecified atom stereocenters. The molecule has 0 fully saturated rings. The van der Waals surface area contributed by atoms with Gasteiger partial charge in [-0.25, -0.2) is 0 Å². The highest BCUT2D eigenvalue weighted by Gasteiger charge is 2.21. The molecule has 1 rings (SSSR count). The quantitative estimate of drug-likeness (QED) is 0.304. The largest absolute Gasteiger partial charge is 0.354 e. The van der Waals surface area contributed by atoms with Gasteiger partial charge in [0.2, 0.25) is 6.41 Å². The second-order valence-electron chi connectivity index (χ2n) is 7.50. The van der Waals surface area contributed by atoms with Gasteiger partial charge in [-0.05, 0) is 57.9 Å². The number of pyridine rings is 1. The highest BCUT2D eigenvalue weighted by Crippen LogP contribution is 2.22. The van der Waals surface area contributed by atoms with Crippen molar-refractivity contribution < 1.29 is 4.79 Å². The van der Waals surface area contributed by atoms with E-state index in [1.807, 2.05) is 71.1 Å². The smallest absolute Gasteiger partial charge is 0.211 e. The number of allylic oxidation sites excluding steroid dienone is 5. The molecule has 1 amide bonds. The molecule has 0 saturated heterocycles. The molecule has 1 heterocycles. The molecule has 0 aliphatic carbocycles. The van der Waals surface area contributed by atoms with Crippen molar-refractivity contribution in [3.8, 4) is 6.07 Å². The topological polar surface area (TPSA) is 90.2 Å². The number of nitriles is 1. The Labute approximate surface area is 185 Å². The predicted octanol–water partition coefficient (Wildman–Crippen LogP) is 4.92. The summed E-state index contributed by atoms with van der Waals surface area (Å²) in [6.45, 7) is 13.7. The van der Waals surface area contributed by atoms with Gasteiger partial charge in [0, 0.05) is 29.4 Å². The fraction of sp³-hybridized carbons (Fsp3) is 0.280. The summed E-state index contributed by atoms with van der Waals surface area (Å²) in [5, 5.41) is 15.2. The Morgan fingerprint density at radius 1 is 1.32 bits per heavy atom. The van der Waals surface area contributed by atoms with Crippen LogP contribution in [-0.4, -0.2) is 17.1 Å². The zero-order chi connectivity index (χ0) is 23.3. The third-order valence-electron chi connectivity index (χ3n) is 4.10. The molecule has 1 aromatic heterocycles. The molecule has 0 spiro atoms. The van der Waals surface area contributed by atoms with E-state index in [0.717, 1.165) is 23.3 Å². The van der Waals surface area contributed by atoms with Gasteiger partial charge in [0.25, 0.3) is 0 Å². The number of hydrogen-bond acceptors (Lipinski definition) is 5. The van der Waals surface area contributed by atoms with Crippen LogP contribution in [0.3, 0.4) is 0 Å². The number of nitrogens with one attached hydrogen (secondary N) is 2. The van der Waals surface area contributed by atoms with E-state index >= 15 is 0 Å². The van der Waals surface area contributed by atoms with E-state index in [-0.39, 0.29) is 0 Å². The summed E-state index contributed by atoms with van der Waals surface area (Å²) in [5.41, 5.74) is 3.90. The van der Waals surface area contributed by atoms with Gasteiger partial charge in [-0.2, -0.15) is 5.26 Å². The van der Waals surface area contributed by atoms with Crippen molar-refractivity contribution in [2.75, 3.05) is 0 Å². The molecular formula is C25H31N5O. The summed E-state index contributed by atoms with van der Waals surface area (Å²) in [7, 11) is 0. The van der Waals surface area contributed by atoms with Crippen molar-refractivity contribution in [2.45, 2.75) is 46.5 Å². The summed E-state index contributed by atoms with van der Waals surface area (Å²) < 4.78 is 0. The van der Waals surface area contributed by atoms with Crippen molar-refractivity contribution in [1.82, 2.24) is 15.6 Å². The third kappa shape index (κ3) is 9.09. The molecule has 0 atom stereocenters. The van der Waals surface area contributed by atoms with E-state index in [1.165, 1.54) is 0 Å². The van der Waals surface area contributed by atoms with Gasteiger partial charge in [-0.3, -0.25) is 14.8 Å². The number of carbonyl (C=O) groups excluding carboxylic acids is 1. The maximum absolute atomic E-state index is 10.6. The first-order chi connectivity index (χ1) is 14.7. The zero-order valence-corrected chi connectivity index (χ0v) is 18.9. The predicted molar refractivity (Wildman–Crippen MR) is 128 cm³/mol. The van der Waals surface area contributed by atoms with Gasteiger partial charge in [0.1, 0.15) is 0 Å². The van der Waals surface area contributed by atoms with Crippen molar-refractivity contribution in [3.63, 3.8) is 0 Å². The fourth-order valence-electron chi connectivity index (χ4n) is 2.30. The van der Waals surface area contributed by atoms with Crippen LogP contribution in [0.2, 0.25) is 0 Å². The Morgan fingerprint density at radius 3 is 2.68 bits per heavy atom. The summed E-state index contributed by atoms with van der Waals surface area (Å²) in [6.07, 6.45) is 14.2. The molecule has 6 heteroatoms. The average Bonchev–Trinajstić information content (AvgIpc) is 2.76. The first kappa shape index (κ1) is 25.3. The number of hydrogen-bond donors (Lipinski definition) is 2. The lowest BCUT2D eigenvalue weighted by molar-refractivity contribution is -0.108. The SMILES string of the molecule is C=C(NC(/C=C/C(/C=C\CC)=C/NC=O)=C/N=C(C)C)c1ccnc(C(C)(C)C#N)c1. The zero-order valence-electron chi connectivity index (χ0n) is 18.9. The van der Waals surface area contributed by atoms with Crippen LogP contribution < -0.4 is 10.6 Å². The molecule has 31 heavy (non-hydrogen) atoms. The Balaban J connectivity index is 3.20. The summed E-state index contributed by atoms with van der Waals surface area (Å²) in [4.78, 5) is 19.3. The highest BCUT2D eigenvalue weighted by atomic mass is 16.1. The number of rotatable bonds is 11. The van der Waals surface area contributed by atoms with Crippen molar-refractivity contribution in [3.05, 3.63) is 84.1 Å². The molecular weight excluding hydrogens is 386 g/mol. The number of aliphatic imine (C=N–C) groups is 1. The van der Waals surface area contributed by atoms with Crippen LogP contribution in [-0.2, 0) is 10.2 Å². The minimum absolute atomic E-state index is 0.624. The van der Waals surface area contributed by atoms with E-state index < -0.39 is 5.41 Å². The molecule has 162 valence electrons. The van der Waals surface area contributed by atoms with Gasteiger partial charge in [0.15, 0.2) is 0 Å². The van der Waals surface area contributed by atoms with Crippen LogP contribution in [0, 0.1) is 11.3 Å². The summed E-state index contributed by atoms with van der Waals surface area (Å²) in [5.74, 6) is 0. The van der Waals surface area contributed by atoms with Crippen LogP contribution in [0.25, 0.3) is 5.70 Å². The van der Waals surface area contributed by atoms with Crippen molar-refractivity contribution in [1.29, 1.82) is 5.26 Å². The second-order valence-corrected chi connectivity index (χ2v) is 7.50. The van der Waals surface area contributed by atoms with E-state index in [4.69, 9.17) is 0 Å². The number of amides is 1. The first-order valence-electron chi connectivity index (χ1n) is 10.0. The molecule has 0 aliphatic heterocycles. The molecule has 0 radical (unpaired) electrons. The molecule has 0 aromatic carbocycles. The van der Waals surface area contributed by atoms with Crippen molar-refractivity contribution in [2.24, 2.45) is 4.99 Å². The number of carbonyl (C=O) groups is 1. The van der Waals surface area contributed by atoms with E-state index in [9.17, 15) is 10.1 Å². The first-order valence-corrected chi connectivity index (χ1v) is 10.0. The van der Waals surface area contributed by atoms with Crippen LogP contribution in [0.1, 0.15) is 52.3 Å². The Morgan fingerprint density at radius 2 is 2.06 bits per heavy atom. The molecule has 6 nitrogen and oxygen atoms in total. The van der Waals surface area contributed by atoms with Gasteiger partial charge < -0.3 is 10.6 Å². The lowest BCUT2D eigenvalue weighted by atomic mass is 9.90. The molecule has 0 bridgehead atoms. The minimum Gasteiger partial charge on any atom is -0.354 e. The minimum atomic E-state index is -0.699. The summed E-state index contributed by atoms with van der Waals surface area (Å²) in [6, 6.07) is 5.96. The van der Waals surface area contributed by atoms with Gasteiger partial charge in [0.05, 0.1) is 29.1 Å². The van der Waals surface area contributed by atoms with Gasteiger partial charge >= 0.3 is 0 Å². The van der Waals surface area contributed by atoms with Crippen LogP contribution in [0.4, 0.5) is 0 Å². The molecule has 0 saturated carbocycles. The molecule has 1 aromatic rings. The Hall–Kier alpha value is -3.72. The van der Waals surface area contributed by atoms with Gasteiger partial charge in [-0.1, -0.05) is 31.7 Å². The Kier molecular flexibility index (Phi) is 10.4. The standard InChI is InChI=1S/C25H31N5O/c1-7-8-9-21(15-27-18-31)10-11-23(16-29-19(2)3)30-20(4)22-12-13-28-24(14-22)25(5,6)17-26/h8-16,18,30H,4,7H2,1-3,5-6H3,(H,27,31)/b9-8-,11-10+,21-15+,23-16+. The van der Waals surface area contributed by atoms with Gasteiger partial charge in [-0.15, -0.1) is 0 Å². The molecule has 2 N–H and O–H groups in total.